The largest absolute Gasteiger partial charge is 0.357 e. The zero-order chi connectivity index (χ0) is 17.3. The standard InChI is InChI=1S/C18H13ClN2O3/c1-18(10-14(11-20)12-2-6-15(19)7-3-12)17(24-18)13-4-8-16(9-5-13)21(22)23/h2-10,17H,1H3/b14-10+/t17-,18-/m1/s1. The first kappa shape index (κ1) is 16.2. The van der Waals surface area contributed by atoms with Gasteiger partial charge in [-0.15, -0.1) is 0 Å². The maximum absolute atomic E-state index is 10.7. The Hall–Kier alpha value is -2.68. The quantitative estimate of drug-likeness (QED) is 0.350. The van der Waals surface area contributed by atoms with Crippen LogP contribution < -0.4 is 0 Å². The number of ether oxygens (including phenoxy) is 1. The van der Waals surface area contributed by atoms with Crippen LogP contribution >= 0.6 is 11.6 Å². The van der Waals surface area contributed by atoms with Crippen molar-refractivity contribution in [1.82, 2.24) is 0 Å². The molecule has 0 N–H and O–H groups in total. The smallest absolute Gasteiger partial charge is 0.269 e. The van der Waals surface area contributed by atoms with E-state index in [1.807, 2.05) is 6.92 Å². The molecule has 1 aliphatic heterocycles. The van der Waals surface area contributed by atoms with Gasteiger partial charge in [-0.25, -0.2) is 0 Å². The van der Waals surface area contributed by atoms with Crippen LogP contribution in [0.1, 0.15) is 24.2 Å². The van der Waals surface area contributed by atoms with Gasteiger partial charge in [-0.05, 0) is 48.4 Å². The van der Waals surface area contributed by atoms with E-state index in [0.717, 1.165) is 11.1 Å². The highest BCUT2D eigenvalue weighted by Crippen LogP contribution is 2.51. The molecular weight excluding hydrogens is 328 g/mol. The van der Waals surface area contributed by atoms with Gasteiger partial charge in [0.1, 0.15) is 11.7 Å². The molecule has 1 aliphatic rings. The Balaban J connectivity index is 1.83. The third-order valence-electron chi connectivity index (χ3n) is 3.95. The van der Waals surface area contributed by atoms with E-state index >= 15 is 0 Å². The van der Waals surface area contributed by atoms with E-state index in [4.69, 9.17) is 16.3 Å². The minimum Gasteiger partial charge on any atom is -0.357 e. The molecule has 0 bridgehead atoms. The summed E-state index contributed by atoms with van der Waals surface area (Å²) in [6.45, 7) is 1.88. The first-order valence-electron chi connectivity index (χ1n) is 7.24. The van der Waals surface area contributed by atoms with Gasteiger partial charge in [-0.1, -0.05) is 23.7 Å². The summed E-state index contributed by atoms with van der Waals surface area (Å²) in [6, 6.07) is 15.5. The van der Waals surface area contributed by atoms with Crippen molar-refractivity contribution in [3.63, 3.8) is 0 Å². The topological polar surface area (TPSA) is 79.5 Å². The minimum atomic E-state index is -0.610. The first-order valence-corrected chi connectivity index (χ1v) is 7.62. The van der Waals surface area contributed by atoms with E-state index in [0.29, 0.717) is 10.6 Å². The van der Waals surface area contributed by atoms with Crippen LogP contribution in [0.5, 0.6) is 0 Å². The molecule has 0 unspecified atom stereocenters. The van der Waals surface area contributed by atoms with Gasteiger partial charge in [0, 0.05) is 17.2 Å². The Kier molecular flexibility index (Phi) is 4.10. The second kappa shape index (κ2) is 6.08. The first-order chi connectivity index (χ1) is 11.4. The number of nitrogens with zero attached hydrogens (tertiary/aromatic N) is 2. The maximum atomic E-state index is 10.7. The highest BCUT2D eigenvalue weighted by atomic mass is 35.5. The van der Waals surface area contributed by atoms with Crippen molar-refractivity contribution in [3.8, 4) is 6.07 Å². The summed E-state index contributed by atoms with van der Waals surface area (Å²) in [5.41, 5.74) is 1.53. The van der Waals surface area contributed by atoms with Gasteiger partial charge < -0.3 is 4.74 Å². The van der Waals surface area contributed by atoms with Gasteiger partial charge in [0.2, 0.25) is 0 Å². The van der Waals surface area contributed by atoms with Crippen molar-refractivity contribution >= 4 is 22.9 Å². The summed E-state index contributed by atoms with van der Waals surface area (Å²) in [7, 11) is 0. The predicted molar refractivity (Wildman–Crippen MR) is 90.4 cm³/mol. The highest BCUT2D eigenvalue weighted by molar-refractivity contribution is 6.30. The SMILES string of the molecule is C[C@]1(/C=C(\C#N)c2ccc(Cl)cc2)O[C@@H]1c1ccc([N+](=O)[O-])cc1. The van der Waals surface area contributed by atoms with Crippen molar-refractivity contribution in [2.24, 2.45) is 0 Å². The summed E-state index contributed by atoms with van der Waals surface area (Å²) in [5.74, 6) is 0. The molecule has 2 aromatic carbocycles. The van der Waals surface area contributed by atoms with Crippen LogP contribution in [-0.4, -0.2) is 10.5 Å². The summed E-state index contributed by atoms with van der Waals surface area (Å²) in [5, 5.41) is 20.7. The van der Waals surface area contributed by atoms with Gasteiger partial charge in [0.15, 0.2) is 0 Å². The number of nitro groups is 1. The summed E-state index contributed by atoms with van der Waals surface area (Å²) in [4.78, 5) is 10.3. The van der Waals surface area contributed by atoms with Gasteiger partial charge >= 0.3 is 0 Å². The van der Waals surface area contributed by atoms with E-state index in [2.05, 4.69) is 6.07 Å². The molecule has 0 aliphatic carbocycles. The van der Waals surface area contributed by atoms with E-state index in [-0.39, 0.29) is 11.8 Å². The lowest BCUT2D eigenvalue weighted by molar-refractivity contribution is -0.384. The Morgan fingerprint density at radius 3 is 2.46 bits per heavy atom. The van der Waals surface area contributed by atoms with Crippen molar-refractivity contribution < 1.29 is 9.66 Å². The number of allylic oxidation sites excluding steroid dienone is 1. The van der Waals surface area contributed by atoms with Crippen LogP contribution in [0.25, 0.3) is 5.57 Å². The molecule has 0 amide bonds. The lowest BCUT2D eigenvalue weighted by atomic mass is 9.96. The van der Waals surface area contributed by atoms with Crippen LogP contribution in [0.15, 0.2) is 54.6 Å². The molecular formula is C18H13ClN2O3. The molecule has 120 valence electrons. The van der Waals surface area contributed by atoms with Crippen LogP contribution in [-0.2, 0) is 4.74 Å². The van der Waals surface area contributed by atoms with Crippen molar-refractivity contribution in [1.29, 1.82) is 5.26 Å². The Labute approximate surface area is 143 Å². The zero-order valence-electron chi connectivity index (χ0n) is 12.8. The van der Waals surface area contributed by atoms with Crippen molar-refractivity contribution in [2.75, 3.05) is 0 Å². The van der Waals surface area contributed by atoms with Crippen molar-refractivity contribution in [3.05, 3.63) is 80.9 Å². The molecule has 0 radical (unpaired) electrons. The average Bonchev–Trinajstić information content (AvgIpc) is 3.25. The monoisotopic (exact) mass is 340 g/mol. The van der Waals surface area contributed by atoms with Gasteiger partial charge in [0.25, 0.3) is 5.69 Å². The van der Waals surface area contributed by atoms with Crippen molar-refractivity contribution in [2.45, 2.75) is 18.6 Å². The Morgan fingerprint density at radius 2 is 1.92 bits per heavy atom. The summed E-state index contributed by atoms with van der Waals surface area (Å²) in [6.07, 6.45) is 1.55. The lowest BCUT2D eigenvalue weighted by Crippen LogP contribution is -2.03. The fourth-order valence-electron chi connectivity index (χ4n) is 2.60. The molecule has 5 nitrogen and oxygen atoms in total. The van der Waals surface area contributed by atoms with Crippen LogP contribution in [0.2, 0.25) is 5.02 Å². The number of benzene rings is 2. The number of rotatable bonds is 4. The molecule has 0 aromatic heterocycles. The second-order valence-electron chi connectivity index (χ2n) is 5.71. The van der Waals surface area contributed by atoms with E-state index < -0.39 is 10.5 Å². The number of nitriles is 1. The maximum Gasteiger partial charge on any atom is 0.269 e. The van der Waals surface area contributed by atoms with Gasteiger partial charge in [-0.2, -0.15) is 5.26 Å². The number of non-ortho nitro benzene ring substituents is 1. The van der Waals surface area contributed by atoms with Crippen LogP contribution in [0.3, 0.4) is 0 Å². The molecule has 0 saturated carbocycles. The van der Waals surface area contributed by atoms with Gasteiger partial charge in [0.05, 0.1) is 16.6 Å². The average molecular weight is 341 g/mol. The predicted octanol–water partition coefficient (Wildman–Crippen LogP) is 4.69. The molecule has 3 rings (SSSR count). The number of hydrogen-bond donors (Lipinski definition) is 0. The molecule has 1 fully saturated rings. The van der Waals surface area contributed by atoms with E-state index in [9.17, 15) is 15.4 Å². The number of halogens is 1. The van der Waals surface area contributed by atoms with Crippen LogP contribution in [0.4, 0.5) is 5.69 Å². The Morgan fingerprint density at radius 1 is 1.29 bits per heavy atom. The molecule has 1 heterocycles. The third-order valence-corrected chi connectivity index (χ3v) is 4.20. The Bertz CT molecular complexity index is 853. The lowest BCUT2D eigenvalue weighted by Gasteiger charge is -2.04. The highest BCUT2D eigenvalue weighted by Gasteiger charge is 2.51. The molecule has 2 aromatic rings. The normalized spacial score (nSPS) is 22.7. The molecule has 24 heavy (non-hydrogen) atoms. The van der Waals surface area contributed by atoms with Crippen LogP contribution in [0, 0.1) is 21.4 Å². The number of nitro benzene ring substituents is 1. The fraction of sp³-hybridized carbons (Fsp3) is 0.167. The summed E-state index contributed by atoms with van der Waals surface area (Å²) >= 11 is 5.87. The molecule has 1 saturated heterocycles. The summed E-state index contributed by atoms with van der Waals surface area (Å²) < 4.78 is 5.74. The molecule has 0 spiro atoms. The minimum absolute atomic E-state index is 0.0375. The second-order valence-corrected chi connectivity index (χ2v) is 6.14. The third kappa shape index (κ3) is 3.16. The van der Waals surface area contributed by atoms with E-state index in [1.165, 1.54) is 12.1 Å². The number of epoxide rings is 1. The number of hydrogen-bond acceptors (Lipinski definition) is 4. The molecule has 6 heteroatoms. The molecule has 2 atom stereocenters. The fourth-order valence-corrected chi connectivity index (χ4v) is 2.72. The van der Waals surface area contributed by atoms with Gasteiger partial charge in [-0.3, -0.25) is 10.1 Å². The van der Waals surface area contributed by atoms with E-state index in [1.54, 1.807) is 42.5 Å². The zero-order valence-corrected chi connectivity index (χ0v) is 13.5.